The first kappa shape index (κ1) is 17.8. The topological polar surface area (TPSA) is 20.2 Å². The number of aliphatic hydroxyl groups excluding tert-OH is 1. The maximum Gasteiger partial charge on any atom is 0.416 e. The Hall–Kier alpha value is -1.24. The van der Waals surface area contributed by atoms with Crippen LogP contribution in [0.15, 0.2) is 18.2 Å². The van der Waals surface area contributed by atoms with E-state index in [0.29, 0.717) is 12.1 Å². The molecule has 0 aliphatic carbocycles. The van der Waals surface area contributed by atoms with Crippen LogP contribution in [0.25, 0.3) is 0 Å². The number of hydrogen-bond donors (Lipinski definition) is 1. The molecule has 1 aromatic rings. The van der Waals surface area contributed by atoms with Crippen LogP contribution in [0.3, 0.4) is 0 Å². The van der Waals surface area contributed by atoms with Crippen LogP contribution in [0.4, 0.5) is 26.3 Å². The van der Waals surface area contributed by atoms with Crippen molar-refractivity contribution in [2.24, 2.45) is 5.92 Å². The molecule has 2 atom stereocenters. The molecule has 1 rings (SSSR count). The van der Waals surface area contributed by atoms with Gasteiger partial charge in [-0.2, -0.15) is 26.3 Å². The zero-order chi connectivity index (χ0) is 16.6. The van der Waals surface area contributed by atoms with E-state index in [1.54, 1.807) is 13.8 Å². The smallest absolute Gasteiger partial charge is 0.392 e. The van der Waals surface area contributed by atoms with Crippen LogP contribution in [0.2, 0.25) is 0 Å². The highest BCUT2D eigenvalue weighted by Gasteiger charge is 2.37. The monoisotopic (exact) mass is 314 g/mol. The van der Waals surface area contributed by atoms with Gasteiger partial charge in [0.1, 0.15) is 0 Å². The second-order valence-electron chi connectivity index (χ2n) is 5.36. The molecule has 0 saturated heterocycles. The minimum atomic E-state index is -4.88. The molecule has 0 saturated carbocycles. The SMILES string of the molecule is CC(C)C(O)C(C)c1cc(C(F)(F)F)cc(C(F)(F)F)c1. The van der Waals surface area contributed by atoms with Crippen molar-refractivity contribution in [1.82, 2.24) is 0 Å². The molecule has 1 nitrogen and oxygen atoms in total. The molecule has 0 heterocycles. The Morgan fingerprint density at radius 1 is 0.810 bits per heavy atom. The van der Waals surface area contributed by atoms with E-state index in [2.05, 4.69) is 0 Å². The van der Waals surface area contributed by atoms with Crippen molar-refractivity contribution < 1.29 is 31.4 Å². The fourth-order valence-corrected chi connectivity index (χ4v) is 2.02. The first-order valence-electron chi connectivity index (χ1n) is 6.31. The third-order valence-electron chi connectivity index (χ3n) is 3.33. The number of hydrogen-bond acceptors (Lipinski definition) is 1. The van der Waals surface area contributed by atoms with Gasteiger partial charge in [0.15, 0.2) is 0 Å². The van der Waals surface area contributed by atoms with E-state index in [1.807, 2.05) is 0 Å². The van der Waals surface area contributed by atoms with Gasteiger partial charge in [0, 0.05) is 5.92 Å². The molecule has 7 heteroatoms. The van der Waals surface area contributed by atoms with E-state index in [4.69, 9.17) is 0 Å². The molecule has 0 aromatic heterocycles. The standard InChI is InChI=1S/C14H16F6O/c1-7(2)12(21)8(3)9-4-10(13(15,16)17)6-11(5-9)14(18,19)20/h4-8,12,21H,1-3H3. The summed E-state index contributed by atoms with van der Waals surface area (Å²) >= 11 is 0. The summed E-state index contributed by atoms with van der Waals surface area (Å²) in [6.45, 7) is 4.68. The Kier molecular flexibility index (Phi) is 4.98. The van der Waals surface area contributed by atoms with Crippen LogP contribution in [0.1, 0.15) is 43.4 Å². The van der Waals surface area contributed by atoms with Crippen LogP contribution < -0.4 is 0 Å². The Balaban J connectivity index is 3.39. The molecule has 0 fully saturated rings. The van der Waals surface area contributed by atoms with Crippen LogP contribution in [-0.2, 0) is 12.4 Å². The van der Waals surface area contributed by atoms with E-state index < -0.39 is 35.5 Å². The molecule has 2 unspecified atom stereocenters. The molecule has 1 N–H and O–H groups in total. The van der Waals surface area contributed by atoms with Crippen molar-refractivity contribution in [2.75, 3.05) is 0 Å². The molecular formula is C14H16F6O. The van der Waals surface area contributed by atoms with Crippen molar-refractivity contribution in [2.45, 2.75) is 45.1 Å². The van der Waals surface area contributed by atoms with E-state index >= 15 is 0 Å². The minimum absolute atomic E-state index is 0.0813. The number of aliphatic hydroxyl groups is 1. The quantitative estimate of drug-likeness (QED) is 0.791. The predicted octanol–water partition coefficient (Wildman–Crippen LogP) is 4.84. The fraction of sp³-hybridized carbons (Fsp3) is 0.571. The number of rotatable bonds is 3. The van der Waals surface area contributed by atoms with Gasteiger partial charge in [0.25, 0.3) is 0 Å². The maximum absolute atomic E-state index is 12.7. The summed E-state index contributed by atoms with van der Waals surface area (Å²) in [7, 11) is 0. The average molecular weight is 314 g/mol. The van der Waals surface area contributed by atoms with Crippen LogP contribution in [0.5, 0.6) is 0 Å². The van der Waals surface area contributed by atoms with Gasteiger partial charge >= 0.3 is 12.4 Å². The van der Waals surface area contributed by atoms with Crippen molar-refractivity contribution >= 4 is 0 Å². The molecule has 21 heavy (non-hydrogen) atoms. The van der Waals surface area contributed by atoms with Gasteiger partial charge in [-0.15, -0.1) is 0 Å². The van der Waals surface area contributed by atoms with Crippen LogP contribution in [0, 0.1) is 5.92 Å². The van der Waals surface area contributed by atoms with E-state index in [9.17, 15) is 31.4 Å². The second-order valence-corrected chi connectivity index (χ2v) is 5.36. The first-order chi connectivity index (χ1) is 9.34. The normalized spacial score (nSPS) is 16.1. The molecule has 0 aliphatic heterocycles. The molecule has 1 aromatic carbocycles. The van der Waals surface area contributed by atoms with E-state index in [-0.39, 0.29) is 17.5 Å². The zero-order valence-electron chi connectivity index (χ0n) is 11.7. The van der Waals surface area contributed by atoms with Crippen molar-refractivity contribution in [1.29, 1.82) is 0 Å². The second kappa shape index (κ2) is 5.87. The molecule has 0 spiro atoms. The lowest BCUT2D eigenvalue weighted by Gasteiger charge is -2.24. The van der Waals surface area contributed by atoms with E-state index in [0.717, 1.165) is 0 Å². The van der Waals surface area contributed by atoms with Crippen molar-refractivity contribution in [3.8, 4) is 0 Å². The van der Waals surface area contributed by atoms with Gasteiger partial charge in [-0.3, -0.25) is 0 Å². The van der Waals surface area contributed by atoms with E-state index in [1.165, 1.54) is 6.92 Å². The first-order valence-corrected chi connectivity index (χ1v) is 6.31. The summed E-state index contributed by atoms with van der Waals surface area (Å²) in [5.74, 6) is -1.13. The van der Waals surface area contributed by atoms with Crippen LogP contribution in [-0.4, -0.2) is 11.2 Å². The molecule has 0 radical (unpaired) electrons. The van der Waals surface area contributed by atoms with Crippen molar-refractivity contribution in [3.05, 3.63) is 34.9 Å². The summed E-state index contributed by atoms with van der Waals surface area (Å²) in [5.41, 5.74) is -2.91. The Morgan fingerprint density at radius 3 is 1.48 bits per heavy atom. The molecule has 0 aliphatic rings. The average Bonchev–Trinajstić information content (AvgIpc) is 2.34. The summed E-state index contributed by atoms with van der Waals surface area (Å²) in [5, 5.41) is 9.87. The highest BCUT2D eigenvalue weighted by molar-refractivity contribution is 5.35. The number of halogens is 6. The molecule has 0 bridgehead atoms. The minimum Gasteiger partial charge on any atom is -0.392 e. The Labute approximate surface area is 118 Å². The highest BCUT2D eigenvalue weighted by atomic mass is 19.4. The molecule has 120 valence electrons. The van der Waals surface area contributed by atoms with Gasteiger partial charge in [-0.1, -0.05) is 20.8 Å². The number of benzene rings is 1. The van der Waals surface area contributed by atoms with Gasteiger partial charge in [-0.05, 0) is 29.7 Å². The highest BCUT2D eigenvalue weighted by Crippen LogP contribution is 2.38. The summed E-state index contributed by atoms with van der Waals surface area (Å²) in [4.78, 5) is 0. The predicted molar refractivity (Wildman–Crippen MR) is 65.7 cm³/mol. The lowest BCUT2D eigenvalue weighted by atomic mass is 9.87. The third kappa shape index (κ3) is 4.36. The van der Waals surface area contributed by atoms with Gasteiger partial charge in [-0.25, -0.2) is 0 Å². The van der Waals surface area contributed by atoms with Crippen LogP contribution >= 0.6 is 0 Å². The lowest BCUT2D eigenvalue weighted by Crippen LogP contribution is -2.23. The van der Waals surface area contributed by atoms with Gasteiger partial charge in [0.05, 0.1) is 17.2 Å². The summed E-state index contributed by atoms with van der Waals surface area (Å²) in [6, 6.07) is 1.40. The zero-order valence-corrected chi connectivity index (χ0v) is 11.7. The third-order valence-corrected chi connectivity index (χ3v) is 3.33. The molecular weight excluding hydrogens is 298 g/mol. The maximum atomic E-state index is 12.7. The fourth-order valence-electron chi connectivity index (χ4n) is 2.02. The van der Waals surface area contributed by atoms with Gasteiger partial charge in [0.2, 0.25) is 0 Å². The lowest BCUT2D eigenvalue weighted by molar-refractivity contribution is -0.143. The Bertz CT molecular complexity index is 457. The Morgan fingerprint density at radius 2 is 1.19 bits per heavy atom. The largest absolute Gasteiger partial charge is 0.416 e. The molecule has 0 amide bonds. The summed E-state index contributed by atoms with van der Waals surface area (Å²) < 4.78 is 76.4. The summed E-state index contributed by atoms with van der Waals surface area (Å²) in [6.07, 6.45) is -10.8. The number of alkyl halides is 6. The van der Waals surface area contributed by atoms with Crippen molar-refractivity contribution in [3.63, 3.8) is 0 Å². The van der Waals surface area contributed by atoms with Gasteiger partial charge < -0.3 is 5.11 Å².